The van der Waals surface area contributed by atoms with Gasteiger partial charge in [-0.1, -0.05) is 23.7 Å². The molecule has 0 fully saturated rings. The predicted octanol–water partition coefficient (Wildman–Crippen LogP) is 4.17. The molecule has 0 saturated heterocycles. The SMILES string of the molecule is Cc1nc(Cl)nc(NC(C)c2cccc(Cl)c2)c1[N+](=O)[O-]. The van der Waals surface area contributed by atoms with Gasteiger partial charge in [-0.25, -0.2) is 4.98 Å². The Hall–Kier alpha value is -1.92. The Labute approximate surface area is 131 Å². The van der Waals surface area contributed by atoms with Gasteiger partial charge in [0.05, 0.1) is 11.0 Å². The van der Waals surface area contributed by atoms with E-state index in [-0.39, 0.29) is 28.5 Å². The molecule has 0 aliphatic heterocycles. The van der Waals surface area contributed by atoms with Crippen molar-refractivity contribution in [2.24, 2.45) is 0 Å². The molecule has 0 aliphatic rings. The summed E-state index contributed by atoms with van der Waals surface area (Å²) in [6, 6.07) is 6.98. The first-order chi connectivity index (χ1) is 9.88. The van der Waals surface area contributed by atoms with E-state index in [1.165, 1.54) is 6.92 Å². The Bertz CT molecular complexity index is 694. The Kier molecular flexibility index (Phi) is 4.59. The first-order valence-electron chi connectivity index (χ1n) is 6.09. The number of nitro groups is 1. The molecule has 110 valence electrons. The highest BCUT2D eigenvalue weighted by molar-refractivity contribution is 6.30. The van der Waals surface area contributed by atoms with Crippen molar-refractivity contribution < 1.29 is 4.92 Å². The van der Waals surface area contributed by atoms with Gasteiger partial charge in [-0.2, -0.15) is 4.98 Å². The molecule has 1 aromatic heterocycles. The zero-order chi connectivity index (χ0) is 15.6. The number of anilines is 1. The van der Waals surface area contributed by atoms with Crippen LogP contribution in [0.3, 0.4) is 0 Å². The summed E-state index contributed by atoms with van der Waals surface area (Å²) in [5, 5.41) is 14.7. The summed E-state index contributed by atoms with van der Waals surface area (Å²) in [5.41, 5.74) is 0.901. The van der Waals surface area contributed by atoms with E-state index in [1.54, 1.807) is 12.1 Å². The third-order valence-corrected chi connectivity index (χ3v) is 3.32. The van der Waals surface area contributed by atoms with E-state index < -0.39 is 4.92 Å². The van der Waals surface area contributed by atoms with Gasteiger partial charge < -0.3 is 5.32 Å². The van der Waals surface area contributed by atoms with Crippen LogP contribution in [0, 0.1) is 17.0 Å². The van der Waals surface area contributed by atoms with E-state index in [9.17, 15) is 10.1 Å². The van der Waals surface area contributed by atoms with Crippen LogP contribution in [-0.2, 0) is 0 Å². The number of hydrogen-bond donors (Lipinski definition) is 1. The largest absolute Gasteiger partial charge is 0.358 e. The molecule has 0 bridgehead atoms. The number of halogens is 2. The van der Waals surface area contributed by atoms with Crippen molar-refractivity contribution in [3.63, 3.8) is 0 Å². The van der Waals surface area contributed by atoms with Gasteiger partial charge >= 0.3 is 5.69 Å². The summed E-state index contributed by atoms with van der Waals surface area (Å²) in [6.45, 7) is 3.36. The third-order valence-electron chi connectivity index (χ3n) is 2.92. The molecule has 21 heavy (non-hydrogen) atoms. The van der Waals surface area contributed by atoms with Crippen LogP contribution in [0.2, 0.25) is 10.3 Å². The third kappa shape index (κ3) is 3.59. The normalized spacial score (nSPS) is 12.0. The van der Waals surface area contributed by atoms with Gasteiger partial charge in [0.1, 0.15) is 5.69 Å². The van der Waals surface area contributed by atoms with Crippen LogP contribution < -0.4 is 5.32 Å². The molecule has 0 radical (unpaired) electrons. The monoisotopic (exact) mass is 326 g/mol. The van der Waals surface area contributed by atoms with Crippen molar-refractivity contribution in [3.8, 4) is 0 Å². The van der Waals surface area contributed by atoms with E-state index >= 15 is 0 Å². The van der Waals surface area contributed by atoms with Gasteiger partial charge in [0.2, 0.25) is 11.1 Å². The van der Waals surface area contributed by atoms with Crippen LogP contribution in [0.25, 0.3) is 0 Å². The molecule has 0 aliphatic carbocycles. The lowest BCUT2D eigenvalue weighted by molar-refractivity contribution is -0.385. The molecule has 8 heteroatoms. The fourth-order valence-corrected chi connectivity index (χ4v) is 2.33. The Morgan fingerprint density at radius 2 is 2.05 bits per heavy atom. The van der Waals surface area contributed by atoms with Crippen LogP contribution in [0.1, 0.15) is 24.2 Å². The summed E-state index contributed by atoms with van der Waals surface area (Å²) in [4.78, 5) is 18.3. The summed E-state index contributed by atoms with van der Waals surface area (Å²) >= 11 is 11.7. The van der Waals surface area contributed by atoms with E-state index in [0.717, 1.165) is 5.56 Å². The van der Waals surface area contributed by atoms with E-state index in [0.29, 0.717) is 5.02 Å². The second-order valence-electron chi connectivity index (χ2n) is 4.45. The van der Waals surface area contributed by atoms with Crippen LogP contribution in [-0.4, -0.2) is 14.9 Å². The van der Waals surface area contributed by atoms with Crippen molar-refractivity contribution in [3.05, 3.63) is 55.9 Å². The number of nitrogens with one attached hydrogen (secondary N) is 1. The summed E-state index contributed by atoms with van der Waals surface area (Å²) in [5.74, 6) is 0.0879. The van der Waals surface area contributed by atoms with Gasteiger partial charge in [-0.05, 0) is 43.1 Å². The maximum atomic E-state index is 11.1. The zero-order valence-corrected chi connectivity index (χ0v) is 12.8. The first-order valence-corrected chi connectivity index (χ1v) is 6.84. The minimum absolute atomic E-state index is 0.0427. The molecule has 2 aromatic rings. The number of rotatable bonds is 4. The number of nitrogens with zero attached hydrogens (tertiary/aromatic N) is 3. The first kappa shape index (κ1) is 15.5. The second-order valence-corrected chi connectivity index (χ2v) is 5.23. The van der Waals surface area contributed by atoms with Crippen molar-refractivity contribution in [1.29, 1.82) is 0 Å². The highest BCUT2D eigenvalue weighted by Gasteiger charge is 2.23. The molecule has 6 nitrogen and oxygen atoms in total. The average Bonchev–Trinajstić information content (AvgIpc) is 2.37. The van der Waals surface area contributed by atoms with Crippen molar-refractivity contribution in [2.45, 2.75) is 19.9 Å². The lowest BCUT2D eigenvalue weighted by atomic mass is 10.1. The quantitative estimate of drug-likeness (QED) is 0.518. The smallest absolute Gasteiger partial charge is 0.332 e. The standard InChI is InChI=1S/C13H12Cl2N4O2/c1-7(9-4-3-5-10(14)6-9)16-12-11(19(20)21)8(2)17-13(15)18-12/h3-7H,1-2H3,(H,16,17,18). The molecule has 1 atom stereocenters. The fourth-order valence-electron chi connectivity index (χ4n) is 1.92. The highest BCUT2D eigenvalue weighted by atomic mass is 35.5. The maximum absolute atomic E-state index is 11.1. The fraction of sp³-hybridized carbons (Fsp3) is 0.231. The average molecular weight is 327 g/mol. The topological polar surface area (TPSA) is 81.0 Å². The molecule has 1 heterocycles. The van der Waals surface area contributed by atoms with Crippen LogP contribution in [0.4, 0.5) is 11.5 Å². The maximum Gasteiger partial charge on any atom is 0.332 e. The molecule has 1 aromatic carbocycles. The van der Waals surface area contributed by atoms with Gasteiger partial charge in [-0.3, -0.25) is 10.1 Å². The molecule has 0 spiro atoms. The number of aryl methyl sites for hydroxylation is 1. The molecular formula is C13H12Cl2N4O2. The number of benzene rings is 1. The predicted molar refractivity (Wildman–Crippen MR) is 81.9 cm³/mol. The van der Waals surface area contributed by atoms with E-state index in [4.69, 9.17) is 23.2 Å². The summed E-state index contributed by atoms with van der Waals surface area (Å²) in [7, 11) is 0. The molecule has 2 rings (SSSR count). The lowest BCUT2D eigenvalue weighted by Gasteiger charge is -2.15. The van der Waals surface area contributed by atoms with Crippen molar-refractivity contribution >= 4 is 34.7 Å². The minimum atomic E-state index is -0.529. The molecule has 1 unspecified atom stereocenters. The van der Waals surface area contributed by atoms with Crippen LogP contribution in [0.5, 0.6) is 0 Å². The van der Waals surface area contributed by atoms with E-state index in [1.807, 2.05) is 19.1 Å². The Morgan fingerprint density at radius 3 is 2.67 bits per heavy atom. The van der Waals surface area contributed by atoms with Gasteiger partial charge in [0.15, 0.2) is 0 Å². The molecule has 0 amide bonds. The van der Waals surface area contributed by atoms with Crippen LogP contribution in [0.15, 0.2) is 24.3 Å². The zero-order valence-electron chi connectivity index (χ0n) is 11.3. The van der Waals surface area contributed by atoms with Gasteiger partial charge in [-0.15, -0.1) is 0 Å². The summed E-state index contributed by atoms with van der Waals surface area (Å²) < 4.78 is 0. The molecule has 0 saturated carbocycles. The van der Waals surface area contributed by atoms with Crippen molar-refractivity contribution in [2.75, 3.05) is 5.32 Å². The molecule has 1 N–H and O–H groups in total. The number of aromatic nitrogens is 2. The highest BCUT2D eigenvalue weighted by Crippen LogP contribution is 2.30. The number of hydrogen-bond acceptors (Lipinski definition) is 5. The summed E-state index contributed by atoms with van der Waals surface area (Å²) in [6.07, 6.45) is 0. The second kappa shape index (κ2) is 6.24. The Balaban J connectivity index is 2.37. The minimum Gasteiger partial charge on any atom is -0.358 e. The van der Waals surface area contributed by atoms with Gasteiger partial charge in [0.25, 0.3) is 0 Å². The molecular weight excluding hydrogens is 315 g/mol. The van der Waals surface area contributed by atoms with E-state index in [2.05, 4.69) is 15.3 Å². The van der Waals surface area contributed by atoms with Gasteiger partial charge in [0, 0.05) is 5.02 Å². The lowest BCUT2D eigenvalue weighted by Crippen LogP contribution is -2.11. The van der Waals surface area contributed by atoms with Crippen molar-refractivity contribution in [1.82, 2.24) is 9.97 Å². The Morgan fingerprint density at radius 1 is 1.33 bits per heavy atom. The van der Waals surface area contributed by atoms with Crippen LogP contribution >= 0.6 is 23.2 Å².